The Morgan fingerprint density at radius 2 is 0.885 bits per heavy atom. The molecule has 0 aromatic rings. The zero-order valence-corrected chi connectivity index (χ0v) is 34.4. The molecule has 0 saturated heterocycles. The minimum atomic E-state index is -4.76. The van der Waals surface area contributed by atoms with E-state index in [4.69, 9.17) is 19.3 Å². The fourth-order valence-corrected chi connectivity index (χ4v) is 6.30. The van der Waals surface area contributed by atoms with Gasteiger partial charge in [-0.05, 0) is 64.2 Å². The van der Waals surface area contributed by atoms with Crippen molar-refractivity contribution in [3.8, 4) is 0 Å². The van der Waals surface area contributed by atoms with Gasteiger partial charge in [0.1, 0.15) is 6.61 Å². The summed E-state index contributed by atoms with van der Waals surface area (Å²) in [6.45, 7) is 3.65. The van der Waals surface area contributed by atoms with E-state index in [1.807, 2.05) is 6.08 Å². The van der Waals surface area contributed by atoms with E-state index < -0.39 is 32.5 Å². The summed E-state index contributed by atoms with van der Waals surface area (Å²) in [6, 6.07) is 0. The third-order valence-electron chi connectivity index (χ3n) is 9.13. The quantitative estimate of drug-likeness (QED) is 0.0275. The van der Waals surface area contributed by atoms with E-state index in [0.29, 0.717) is 12.8 Å². The Bertz CT molecular complexity index is 941. The lowest BCUT2D eigenvalue weighted by Gasteiger charge is -2.18. The van der Waals surface area contributed by atoms with Gasteiger partial charge in [-0.15, -0.1) is 0 Å². The van der Waals surface area contributed by atoms with Crippen molar-refractivity contribution in [1.29, 1.82) is 0 Å². The molecule has 304 valence electrons. The highest BCUT2D eigenvalue weighted by atomic mass is 31.2. The summed E-state index contributed by atoms with van der Waals surface area (Å²) < 4.78 is 26.3. The molecule has 0 aliphatic rings. The van der Waals surface area contributed by atoms with Gasteiger partial charge < -0.3 is 19.3 Å². The van der Waals surface area contributed by atoms with Crippen molar-refractivity contribution in [2.45, 2.75) is 213 Å². The van der Waals surface area contributed by atoms with Crippen LogP contribution in [0.1, 0.15) is 206 Å². The third-order valence-corrected chi connectivity index (χ3v) is 9.62. The third kappa shape index (κ3) is 41.0. The first-order valence-corrected chi connectivity index (χ1v) is 22.8. The molecule has 0 radical (unpaired) electrons. The molecule has 0 rings (SSSR count). The number of carbonyl (C=O) groups excluding carboxylic acids is 2. The number of ether oxygens (including phenoxy) is 2. The van der Waals surface area contributed by atoms with Crippen LogP contribution in [0, 0.1) is 0 Å². The van der Waals surface area contributed by atoms with Crippen molar-refractivity contribution < 1.29 is 37.9 Å². The van der Waals surface area contributed by atoms with Gasteiger partial charge in [0.25, 0.3) is 0 Å². The van der Waals surface area contributed by atoms with Gasteiger partial charge in [0.05, 0.1) is 6.61 Å². The number of phosphoric ester groups is 1. The number of carbonyl (C=O) groups is 2. The molecule has 0 heterocycles. The minimum Gasteiger partial charge on any atom is -0.462 e. The highest BCUT2D eigenvalue weighted by molar-refractivity contribution is 7.46. The van der Waals surface area contributed by atoms with Crippen LogP contribution < -0.4 is 0 Å². The molecule has 0 aromatic heterocycles. The summed E-state index contributed by atoms with van der Waals surface area (Å²) in [5, 5.41) is 0. The van der Waals surface area contributed by atoms with Gasteiger partial charge in [-0.2, -0.15) is 0 Å². The molecule has 1 atom stereocenters. The van der Waals surface area contributed by atoms with E-state index in [1.165, 1.54) is 122 Å². The van der Waals surface area contributed by atoms with E-state index >= 15 is 0 Å². The number of hydrogen-bond donors (Lipinski definition) is 2. The summed E-state index contributed by atoms with van der Waals surface area (Å²) in [5.74, 6) is -0.939. The predicted octanol–water partition coefficient (Wildman–Crippen LogP) is 13.0. The highest BCUT2D eigenvalue weighted by Crippen LogP contribution is 2.36. The number of phosphoric acid groups is 1. The zero-order chi connectivity index (χ0) is 38.2. The van der Waals surface area contributed by atoms with Gasteiger partial charge >= 0.3 is 19.8 Å². The van der Waals surface area contributed by atoms with E-state index in [0.717, 1.165) is 44.9 Å². The summed E-state index contributed by atoms with van der Waals surface area (Å²) >= 11 is 0. The Kier molecular flexibility index (Phi) is 37.7. The van der Waals surface area contributed by atoms with Gasteiger partial charge in [-0.3, -0.25) is 14.1 Å². The first-order valence-electron chi connectivity index (χ1n) is 21.3. The molecule has 0 bridgehead atoms. The SMILES string of the molecule is CCCCCCCC/C=C/CCCCCCCCCC(=O)OC[C@H](COP(=O)(O)O)OC(=O)CCC/C=C/C/C=C/CCCCCCCCCCC. The molecular weight excluding hydrogens is 675 g/mol. The van der Waals surface area contributed by atoms with Crippen LogP contribution >= 0.6 is 7.82 Å². The summed E-state index contributed by atoms with van der Waals surface area (Å²) in [7, 11) is -4.76. The van der Waals surface area contributed by atoms with Gasteiger partial charge in [0, 0.05) is 12.8 Å². The number of allylic oxidation sites excluding steroid dienone is 6. The first-order chi connectivity index (χ1) is 25.3. The van der Waals surface area contributed by atoms with Crippen LogP contribution in [0.3, 0.4) is 0 Å². The molecule has 0 aliphatic carbocycles. The molecule has 0 aliphatic heterocycles. The van der Waals surface area contributed by atoms with Crippen molar-refractivity contribution >= 4 is 19.8 Å². The predicted molar refractivity (Wildman–Crippen MR) is 216 cm³/mol. The first kappa shape index (κ1) is 50.3. The average molecular weight is 755 g/mol. The average Bonchev–Trinajstić information content (AvgIpc) is 3.11. The number of rotatable bonds is 39. The van der Waals surface area contributed by atoms with E-state index in [9.17, 15) is 14.2 Å². The Balaban J connectivity index is 3.97. The lowest BCUT2D eigenvalue weighted by molar-refractivity contribution is -0.161. The van der Waals surface area contributed by atoms with E-state index in [1.54, 1.807) is 0 Å². The smallest absolute Gasteiger partial charge is 0.462 e. The maximum Gasteiger partial charge on any atom is 0.469 e. The van der Waals surface area contributed by atoms with Crippen molar-refractivity contribution in [3.05, 3.63) is 36.5 Å². The monoisotopic (exact) mass is 755 g/mol. The van der Waals surface area contributed by atoms with Crippen LogP contribution in [0.15, 0.2) is 36.5 Å². The molecule has 0 spiro atoms. The Labute approximate surface area is 319 Å². The fourth-order valence-electron chi connectivity index (χ4n) is 5.94. The summed E-state index contributed by atoms with van der Waals surface area (Å²) in [4.78, 5) is 42.8. The molecule has 2 N–H and O–H groups in total. The van der Waals surface area contributed by atoms with Crippen LogP contribution in [0.25, 0.3) is 0 Å². The van der Waals surface area contributed by atoms with Gasteiger partial charge in [0.15, 0.2) is 6.10 Å². The minimum absolute atomic E-state index is 0.148. The van der Waals surface area contributed by atoms with Crippen molar-refractivity contribution in [2.75, 3.05) is 13.2 Å². The molecule has 9 heteroatoms. The Morgan fingerprint density at radius 1 is 0.500 bits per heavy atom. The van der Waals surface area contributed by atoms with Crippen molar-refractivity contribution in [2.24, 2.45) is 0 Å². The van der Waals surface area contributed by atoms with Crippen LogP contribution in [-0.2, 0) is 28.2 Å². The van der Waals surface area contributed by atoms with Crippen molar-refractivity contribution in [3.63, 3.8) is 0 Å². The molecule has 0 unspecified atom stereocenters. The Morgan fingerprint density at radius 3 is 1.35 bits per heavy atom. The molecule has 0 amide bonds. The number of hydrogen-bond acceptors (Lipinski definition) is 6. The second kappa shape index (κ2) is 39.0. The second-order valence-electron chi connectivity index (χ2n) is 14.3. The lowest BCUT2D eigenvalue weighted by Crippen LogP contribution is -2.29. The summed E-state index contributed by atoms with van der Waals surface area (Å²) in [5.41, 5.74) is 0. The number of esters is 2. The van der Waals surface area contributed by atoms with Crippen LogP contribution in [0.4, 0.5) is 0 Å². The standard InChI is InChI=1S/C43H79O8P/c1-3-5-7-9-11-13-15-17-19-21-23-25-27-29-31-33-35-37-42(44)49-39-41(40-50-52(46,47)48)51-43(45)38-36-34-32-30-28-26-24-22-20-18-16-14-12-10-8-6-4-2/h17,19,24,26,30,32,41H,3-16,18,20-23,25,27-29,31,33-40H2,1-2H3,(H2,46,47,48)/b19-17+,26-24+,32-30+/t41-/m1/s1. The lowest BCUT2D eigenvalue weighted by atomic mass is 10.1. The Hall–Kier alpha value is -1.73. The second-order valence-corrected chi connectivity index (χ2v) is 15.5. The van der Waals surface area contributed by atoms with E-state index in [2.05, 4.69) is 48.8 Å². The molecule has 0 fully saturated rings. The summed E-state index contributed by atoms with van der Waals surface area (Å²) in [6.07, 6.45) is 45.9. The van der Waals surface area contributed by atoms with E-state index in [-0.39, 0.29) is 19.4 Å². The van der Waals surface area contributed by atoms with Crippen molar-refractivity contribution in [1.82, 2.24) is 0 Å². The zero-order valence-electron chi connectivity index (χ0n) is 33.5. The largest absolute Gasteiger partial charge is 0.469 e. The van der Waals surface area contributed by atoms with Gasteiger partial charge in [-0.1, -0.05) is 166 Å². The molecule has 52 heavy (non-hydrogen) atoms. The fraction of sp³-hybridized carbons (Fsp3) is 0.814. The molecule has 0 saturated carbocycles. The molecular formula is C43H79O8P. The maximum absolute atomic E-state index is 12.4. The van der Waals surface area contributed by atoms with Gasteiger partial charge in [0.2, 0.25) is 0 Å². The molecule has 0 aromatic carbocycles. The maximum atomic E-state index is 12.4. The highest BCUT2D eigenvalue weighted by Gasteiger charge is 2.22. The van der Waals surface area contributed by atoms with Crippen LogP contribution in [0.5, 0.6) is 0 Å². The molecule has 8 nitrogen and oxygen atoms in total. The topological polar surface area (TPSA) is 119 Å². The van der Waals surface area contributed by atoms with Crippen LogP contribution in [-0.4, -0.2) is 41.0 Å². The van der Waals surface area contributed by atoms with Gasteiger partial charge in [-0.25, -0.2) is 4.57 Å². The number of unbranched alkanes of at least 4 members (excludes halogenated alkanes) is 23. The normalized spacial score (nSPS) is 12.8. The van der Waals surface area contributed by atoms with Crippen LogP contribution in [0.2, 0.25) is 0 Å².